The molecule has 28 heavy (non-hydrogen) atoms. The number of halogens is 1. The molecule has 3 heterocycles. The van der Waals surface area contributed by atoms with Crippen molar-refractivity contribution in [2.24, 2.45) is 5.92 Å². The summed E-state index contributed by atoms with van der Waals surface area (Å²) in [5.74, 6) is 0.246. The highest BCUT2D eigenvalue weighted by Crippen LogP contribution is 2.29. The Morgan fingerprint density at radius 3 is 2.61 bits per heavy atom. The van der Waals surface area contributed by atoms with Gasteiger partial charge >= 0.3 is 0 Å². The van der Waals surface area contributed by atoms with E-state index in [4.69, 9.17) is 4.74 Å². The number of fused-ring (bicyclic) bond motifs is 4. The Morgan fingerprint density at radius 1 is 1.11 bits per heavy atom. The number of nitrogens with zero attached hydrogens (tertiary/aromatic N) is 2. The van der Waals surface area contributed by atoms with E-state index in [2.05, 4.69) is 0 Å². The summed E-state index contributed by atoms with van der Waals surface area (Å²) in [6.07, 6.45) is 1.79. The zero-order valence-corrected chi connectivity index (χ0v) is 15.8. The molecule has 3 fully saturated rings. The average molecular weight is 382 g/mol. The van der Waals surface area contributed by atoms with E-state index in [1.54, 1.807) is 52.3 Å². The monoisotopic (exact) mass is 382 g/mol. The quantitative estimate of drug-likeness (QED) is 0.817. The first-order valence-electron chi connectivity index (χ1n) is 9.55. The molecule has 2 aromatic rings. The maximum absolute atomic E-state index is 13.7. The Hall–Kier alpha value is -2.89. The summed E-state index contributed by atoms with van der Waals surface area (Å²) in [6, 6.07) is 13.5. The average Bonchev–Trinajstić information content (AvgIpc) is 3.00. The summed E-state index contributed by atoms with van der Waals surface area (Å²) < 4.78 is 19.3. The molecule has 0 spiro atoms. The van der Waals surface area contributed by atoms with Gasteiger partial charge in [0.2, 0.25) is 5.91 Å². The van der Waals surface area contributed by atoms with Crippen LogP contribution < -0.4 is 4.74 Å². The lowest BCUT2D eigenvalue weighted by Gasteiger charge is -2.32. The predicted octanol–water partition coefficient (Wildman–Crippen LogP) is 3.10. The molecule has 0 saturated carbocycles. The first kappa shape index (κ1) is 18.5. The van der Waals surface area contributed by atoms with Gasteiger partial charge in [0.25, 0.3) is 5.91 Å². The Labute approximate surface area is 163 Å². The molecule has 146 valence electrons. The second-order valence-corrected chi connectivity index (χ2v) is 7.49. The van der Waals surface area contributed by atoms with Gasteiger partial charge in [-0.15, -0.1) is 0 Å². The van der Waals surface area contributed by atoms with Crippen molar-refractivity contribution in [1.82, 2.24) is 9.80 Å². The van der Waals surface area contributed by atoms with Gasteiger partial charge in [0.15, 0.2) is 0 Å². The van der Waals surface area contributed by atoms with Gasteiger partial charge in [-0.2, -0.15) is 0 Å². The summed E-state index contributed by atoms with van der Waals surface area (Å²) in [5.41, 5.74) is 1.05. The highest BCUT2D eigenvalue weighted by Gasteiger charge is 2.40. The van der Waals surface area contributed by atoms with E-state index < -0.39 is 0 Å². The molecule has 0 radical (unpaired) electrons. The first-order chi connectivity index (χ1) is 13.5. The number of benzene rings is 2. The molecule has 6 heteroatoms. The number of ether oxygens (including phenoxy) is 1. The highest BCUT2D eigenvalue weighted by atomic mass is 19.1. The zero-order chi connectivity index (χ0) is 19.7. The topological polar surface area (TPSA) is 49.9 Å². The summed E-state index contributed by atoms with van der Waals surface area (Å²) in [5, 5.41) is 0. The molecule has 5 rings (SSSR count). The minimum atomic E-state index is -0.301. The van der Waals surface area contributed by atoms with Crippen LogP contribution in [0.3, 0.4) is 0 Å². The molecule has 0 unspecified atom stereocenters. The molecular weight excluding hydrogens is 359 g/mol. The number of carbonyl (C=O) groups excluding carboxylic acids is 2. The molecule has 0 aliphatic carbocycles. The van der Waals surface area contributed by atoms with Crippen molar-refractivity contribution in [3.8, 4) is 5.75 Å². The van der Waals surface area contributed by atoms with Gasteiger partial charge in [-0.3, -0.25) is 9.59 Å². The van der Waals surface area contributed by atoms with E-state index in [9.17, 15) is 14.0 Å². The van der Waals surface area contributed by atoms with Gasteiger partial charge in [0.05, 0.1) is 5.92 Å². The SMILES string of the molecule is CN1C(=O)[C@@H]2CC[C@H]1CN(C(=O)c1ccc(OCc3ccccc3F)cc1)C2. The lowest BCUT2D eigenvalue weighted by molar-refractivity contribution is -0.138. The van der Waals surface area contributed by atoms with Crippen molar-refractivity contribution < 1.29 is 18.7 Å². The van der Waals surface area contributed by atoms with Gasteiger partial charge in [0, 0.05) is 37.3 Å². The van der Waals surface area contributed by atoms with Gasteiger partial charge in [-0.05, 0) is 43.2 Å². The minimum Gasteiger partial charge on any atom is -0.489 e. The van der Waals surface area contributed by atoms with Crippen LogP contribution >= 0.6 is 0 Å². The Morgan fingerprint density at radius 2 is 1.86 bits per heavy atom. The van der Waals surface area contributed by atoms with Crippen LogP contribution in [0.15, 0.2) is 48.5 Å². The Kier molecular flexibility index (Phi) is 5.03. The molecule has 5 nitrogen and oxygen atoms in total. The molecule has 2 aromatic carbocycles. The third-order valence-electron chi connectivity index (χ3n) is 5.71. The maximum Gasteiger partial charge on any atom is 0.253 e. The predicted molar refractivity (Wildman–Crippen MR) is 102 cm³/mol. The van der Waals surface area contributed by atoms with E-state index in [1.165, 1.54) is 6.07 Å². The number of hydrogen-bond acceptors (Lipinski definition) is 3. The van der Waals surface area contributed by atoms with Crippen LogP contribution in [0.1, 0.15) is 28.8 Å². The number of piperidine rings is 1. The molecule has 2 atom stereocenters. The molecule has 2 amide bonds. The van der Waals surface area contributed by atoms with Gasteiger partial charge in [0.1, 0.15) is 18.2 Å². The molecule has 0 N–H and O–H groups in total. The van der Waals surface area contributed by atoms with Crippen LogP contribution in [-0.4, -0.2) is 47.8 Å². The van der Waals surface area contributed by atoms with Crippen LogP contribution in [0.4, 0.5) is 4.39 Å². The Balaban J connectivity index is 1.42. The highest BCUT2D eigenvalue weighted by molar-refractivity contribution is 5.95. The molecule has 3 aliphatic rings. The second kappa shape index (κ2) is 7.62. The Bertz CT molecular complexity index is 884. The van der Waals surface area contributed by atoms with E-state index in [0.29, 0.717) is 30.0 Å². The van der Waals surface area contributed by atoms with Crippen LogP contribution in [0, 0.1) is 11.7 Å². The molecular formula is C22H23FN2O3. The van der Waals surface area contributed by atoms with Crippen LogP contribution in [0.25, 0.3) is 0 Å². The minimum absolute atomic E-state index is 0.0688. The van der Waals surface area contributed by atoms with E-state index in [0.717, 1.165) is 12.8 Å². The zero-order valence-electron chi connectivity index (χ0n) is 15.8. The maximum atomic E-state index is 13.7. The third kappa shape index (κ3) is 3.59. The van der Waals surface area contributed by atoms with Crippen molar-refractivity contribution in [2.75, 3.05) is 20.1 Å². The molecule has 3 aliphatic heterocycles. The summed E-state index contributed by atoms with van der Waals surface area (Å²) in [7, 11) is 1.83. The van der Waals surface area contributed by atoms with Crippen LogP contribution in [-0.2, 0) is 11.4 Å². The third-order valence-corrected chi connectivity index (χ3v) is 5.71. The van der Waals surface area contributed by atoms with Crippen molar-refractivity contribution >= 4 is 11.8 Å². The van der Waals surface area contributed by atoms with Gasteiger partial charge in [-0.25, -0.2) is 4.39 Å². The fourth-order valence-electron chi connectivity index (χ4n) is 3.98. The summed E-state index contributed by atoms with van der Waals surface area (Å²) in [4.78, 5) is 28.8. The number of likely N-dealkylation sites (N-methyl/N-ethyl adjacent to an activating group) is 1. The van der Waals surface area contributed by atoms with Crippen molar-refractivity contribution in [3.63, 3.8) is 0 Å². The number of rotatable bonds is 4. The largest absolute Gasteiger partial charge is 0.489 e. The first-order valence-corrected chi connectivity index (χ1v) is 9.55. The normalized spacial score (nSPS) is 21.6. The second-order valence-electron chi connectivity index (χ2n) is 7.49. The molecule has 2 bridgehead atoms. The van der Waals surface area contributed by atoms with E-state index >= 15 is 0 Å². The smallest absolute Gasteiger partial charge is 0.253 e. The molecule has 3 saturated heterocycles. The summed E-state index contributed by atoms with van der Waals surface area (Å²) >= 11 is 0. The fourth-order valence-corrected chi connectivity index (χ4v) is 3.98. The lowest BCUT2D eigenvalue weighted by Crippen LogP contribution is -2.45. The van der Waals surface area contributed by atoms with Crippen molar-refractivity contribution in [2.45, 2.75) is 25.5 Å². The fraction of sp³-hybridized carbons (Fsp3) is 0.364. The number of hydrogen-bond donors (Lipinski definition) is 0. The standard InChI is InChI=1S/C22H23FN2O3/c1-24-18-9-6-16(21(24)26)12-25(13-18)22(27)15-7-10-19(11-8-15)28-14-17-4-2-3-5-20(17)23/h2-5,7-8,10-11,16,18H,6,9,12-14H2,1H3/t16-,18+/m1/s1. The van der Waals surface area contributed by atoms with Gasteiger partial charge in [-0.1, -0.05) is 18.2 Å². The summed E-state index contributed by atoms with van der Waals surface area (Å²) in [6.45, 7) is 1.18. The van der Waals surface area contributed by atoms with E-state index in [-0.39, 0.29) is 36.2 Å². The van der Waals surface area contributed by atoms with Crippen LogP contribution in [0.2, 0.25) is 0 Å². The number of carbonyl (C=O) groups is 2. The molecule has 0 aromatic heterocycles. The van der Waals surface area contributed by atoms with Crippen molar-refractivity contribution in [1.29, 1.82) is 0 Å². The number of amides is 2. The van der Waals surface area contributed by atoms with Crippen molar-refractivity contribution in [3.05, 3.63) is 65.5 Å². The van der Waals surface area contributed by atoms with Gasteiger partial charge < -0.3 is 14.5 Å². The van der Waals surface area contributed by atoms with E-state index in [1.807, 2.05) is 7.05 Å². The van der Waals surface area contributed by atoms with Crippen LogP contribution in [0.5, 0.6) is 5.75 Å². The lowest BCUT2D eigenvalue weighted by atomic mass is 9.95.